The van der Waals surface area contributed by atoms with E-state index in [0.717, 1.165) is 31.6 Å². The molecule has 2 N–H and O–H groups in total. The molecule has 140 valence electrons. The Morgan fingerprint density at radius 3 is 2.89 bits per heavy atom. The van der Waals surface area contributed by atoms with E-state index in [1.807, 2.05) is 18.2 Å². The van der Waals surface area contributed by atoms with Crippen LogP contribution in [0.5, 0.6) is 0 Å². The lowest BCUT2D eigenvalue weighted by Gasteiger charge is -2.18. The number of anilines is 2. The van der Waals surface area contributed by atoms with Gasteiger partial charge in [-0.3, -0.25) is 4.79 Å². The fraction of sp³-hybridized carbons (Fsp3) is 0.333. The van der Waals surface area contributed by atoms with Crippen molar-refractivity contribution in [3.8, 4) is 0 Å². The average molecular weight is 365 g/mol. The highest BCUT2D eigenvalue weighted by atomic mass is 16.5. The molecule has 4 rings (SSSR count). The Balaban J connectivity index is 1.40. The maximum Gasteiger partial charge on any atom is 0.319 e. The van der Waals surface area contributed by atoms with Crippen molar-refractivity contribution in [3.05, 3.63) is 59.7 Å². The van der Waals surface area contributed by atoms with Gasteiger partial charge >= 0.3 is 6.03 Å². The summed E-state index contributed by atoms with van der Waals surface area (Å²) < 4.78 is 5.50. The molecule has 1 fully saturated rings. The second kappa shape index (κ2) is 7.80. The third kappa shape index (κ3) is 3.95. The van der Waals surface area contributed by atoms with Crippen molar-refractivity contribution in [1.29, 1.82) is 0 Å². The van der Waals surface area contributed by atoms with Crippen LogP contribution < -0.4 is 15.5 Å². The molecule has 0 spiro atoms. The van der Waals surface area contributed by atoms with E-state index in [1.54, 1.807) is 29.2 Å². The SMILES string of the molecule is O=C(NCC1CCCO1)Nc1cccc(C(=O)N2CCc3ccccc32)c1. The Hall–Kier alpha value is -2.86. The Morgan fingerprint density at radius 2 is 2.04 bits per heavy atom. The summed E-state index contributed by atoms with van der Waals surface area (Å²) >= 11 is 0. The summed E-state index contributed by atoms with van der Waals surface area (Å²) in [6.45, 7) is 1.93. The molecule has 1 unspecified atom stereocenters. The maximum absolute atomic E-state index is 12.9. The Bertz CT molecular complexity index is 846. The number of para-hydroxylation sites is 1. The van der Waals surface area contributed by atoms with Crippen LogP contribution in [0, 0.1) is 0 Å². The third-order valence-electron chi connectivity index (χ3n) is 5.01. The summed E-state index contributed by atoms with van der Waals surface area (Å²) in [7, 11) is 0. The molecule has 0 aromatic heterocycles. The highest BCUT2D eigenvalue weighted by molar-refractivity contribution is 6.08. The van der Waals surface area contributed by atoms with Gasteiger partial charge in [0.25, 0.3) is 5.91 Å². The predicted octanol–water partition coefficient (Wildman–Crippen LogP) is 3.19. The van der Waals surface area contributed by atoms with E-state index in [1.165, 1.54) is 5.56 Å². The van der Waals surface area contributed by atoms with Crippen LogP contribution in [0.2, 0.25) is 0 Å². The molecule has 2 aliphatic rings. The smallest absolute Gasteiger partial charge is 0.319 e. The first-order valence-corrected chi connectivity index (χ1v) is 9.37. The number of nitrogens with zero attached hydrogens (tertiary/aromatic N) is 1. The van der Waals surface area contributed by atoms with Gasteiger partial charge in [0.05, 0.1) is 6.10 Å². The topological polar surface area (TPSA) is 70.7 Å². The number of hydrogen-bond donors (Lipinski definition) is 2. The standard InChI is InChI=1S/C21H23N3O3/c25-20(24-11-10-15-5-1-2-9-19(15)24)16-6-3-7-17(13-16)23-21(26)22-14-18-8-4-12-27-18/h1-3,5-7,9,13,18H,4,8,10-12,14H2,(H2,22,23,26). The van der Waals surface area contributed by atoms with Gasteiger partial charge in [-0.25, -0.2) is 4.79 Å². The molecule has 2 aromatic rings. The van der Waals surface area contributed by atoms with Gasteiger partial charge in [-0.2, -0.15) is 0 Å². The molecular formula is C21H23N3O3. The number of carbonyl (C=O) groups excluding carboxylic acids is 2. The molecule has 6 nitrogen and oxygen atoms in total. The monoisotopic (exact) mass is 365 g/mol. The van der Waals surface area contributed by atoms with Gasteiger partial charge in [0, 0.05) is 36.6 Å². The molecule has 0 aliphatic carbocycles. The molecule has 2 aliphatic heterocycles. The van der Waals surface area contributed by atoms with E-state index in [-0.39, 0.29) is 18.0 Å². The van der Waals surface area contributed by atoms with Crippen molar-refractivity contribution in [2.75, 3.05) is 29.9 Å². The fourth-order valence-corrected chi connectivity index (χ4v) is 3.62. The van der Waals surface area contributed by atoms with Crippen molar-refractivity contribution < 1.29 is 14.3 Å². The largest absolute Gasteiger partial charge is 0.376 e. The second-order valence-corrected chi connectivity index (χ2v) is 6.89. The van der Waals surface area contributed by atoms with Gasteiger partial charge in [0.1, 0.15) is 0 Å². The lowest BCUT2D eigenvalue weighted by molar-refractivity contribution is 0.0989. The number of carbonyl (C=O) groups is 2. The first kappa shape index (κ1) is 17.5. The maximum atomic E-state index is 12.9. The summed E-state index contributed by atoms with van der Waals surface area (Å²) in [4.78, 5) is 26.8. The van der Waals surface area contributed by atoms with E-state index in [2.05, 4.69) is 16.7 Å². The summed E-state index contributed by atoms with van der Waals surface area (Å²) in [6.07, 6.45) is 2.98. The van der Waals surface area contributed by atoms with Gasteiger partial charge in [-0.15, -0.1) is 0 Å². The van der Waals surface area contributed by atoms with E-state index in [0.29, 0.717) is 24.3 Å². The van der Waals surface area contributed by atoms with Crippen molar-refractivity contribution in [1.82, 2.24) is 5.32 Å². The number of benzene rings is 2. The summed E-state index contributed by atoms with van der Waals surface area (Å²) in [5.41, 5.74) is 3.31. The zero-order chi connectivity index (χ0) is 18.6. The van der Waals surface area contributed by atoms with Crippen LogP contribution in [0.25, 0.3) is 0 Å². The fourth-order valence-electron chi connectivity index (χ4n) is 3.62. The first-order chi connectivity index (χ1) is 13.2. The zero-order valence-electron chi connectivity index (χ0n) is 15.1. The molecule has 0 saturated carbocycles. The first-order valence-electron chi connectivity index (χ1n) is 9.37. The quantitative estimate of drug-likeness (QED) is 0.874. The van der Waals surface area contributed by atoms with Crippen LogP contribution in [-0.2, 0) is 11.2 Å². The lowest BCUT2D eigenvalue weighted by Crippen LogP contribution is -2.35. The highest BCUT2D eigenvalue weighted by Crippen LogP contribution is 2.29. The zero-order valence-corrected chi connectivity index (χ0v) is 15.1. The van der Waals surface area contributed by atoms with Crippen LogP contribution in [0.3, 0.4) is 0 Å². The van der Waals surface area contributed by atoms with Crippen LogP contribution in [0.15, 0.2) is 48.5 Å². The molecule has 0 radical (unpaired) electrons. The lowest BCUT2D eigenvalue weighted by atomic mass is 10.1. The third-order valence-corrected chi connectivity index (χ3v) is 5.01. The molecular weight excluding hydrogens is 342 g/mol. The number of fused-ring (bicyclic) bond motifs is 1. The molecule has 2 heterocycles. The number of ether oxygens (including phenoxy) is 1. The summed E-state index contributed by atoms with van der Waals surface area (Å²) in [6, 6.07) is 14.7. The van der Waals surface area contributed by atoms with Crippen LogP contribution >= 0.6 is 0 Å². The van der Waals surface area contributed by atoms with Gasteiger partial charge in [0.2, 0.25) is 0 Å². The molecule has 0 bridgehead atoms. The van der Waals surface area contributed by atoms with Gasteiger partial charge < -0.3 is 20.3 Å². The number of rotatable bonds is 4. The van der Waals surface area contributed by atoms with Crippen molar-refractivity contribution >= 4 is 23.3 Å². The van der Waals surface area contributed by atoms with E-state index in [9.17, 15) is 9.59 Å². The number of amides is 3. The van der Waals surface area contributed by atoms with Gasteiger partial charge in [-0.05, 0) is 49.1 Å². The summed E-state index contributed by atoms with van der Waals surface area (Å²) in [5, 5.41) is 5.61. The minimum Gasteiger partial charge on any atom is -0.376 e. The van der Waals surface area contributed by atoms with E-state index >= 15 is 0 Å². The van der Waals surface area contributed by atoms with Gasteiger partial charge in [0.15, 0.2) is 0 Å². The van der Waals surface area contributed by atoms with E-state index in [4.69, 9.17) is 4.74 Å². The minimum atomic E-state index is -0.290. The molecule has 27 heavy (non-hydrogen) atoms. The molecule has 1 atom stereocenters. The molecule has 6 heteroatoms. The van der Waals surface area contributed by atoms with E-state index < -0.39 is 0 Å². The van der Waals surface area contributed by atoms with Crippen LogP contribution in [-0.4, -0.2) is 37.7 Å². The Morgan fingerprint density at radius 1 is 1.15 bits per heavy atom. The second-order valence-electron chi connectivity index (χ2n) is 6.89. The normalized spacial score (nSPS) is 18.2. The van der Waals surface area contributed by atoms with Crippen molar-refractivity contribution in [2.45, 2.75) is 25.4 Å². The summed E-state index contributed by atoms with van der Waals surface area (Å²) in [5.74, 6) is -0.0524. The van der Waals surface area contributed by atoms with Crippen molar-refractivity contribution in [2.24, 2.45) is 0 Å². The van der Waals surface area contributed by atoms with Crippen molar-refractivity contribution in [3.63, 3.8) is 0 Å². The molecule has 2 aromatic carbocycles. The number of urea groups is 1. The average Bonchev–Trinajstić information content (AvgIpc) is 3.36. The number of nitrogens with one attached hydrogen (secondary N) is 2. The van der Waals surface area contributed by atoms with Crippen LogP contribution in [0.4, 0.5) is 16.2 Å². The molecule has 1 saturated heterocycles. The molecule has 3 amide bonds. The Labute approximate surface area is 158 Å². The predicted molar refractivity (Wildman–Crippen MR) is 104 cm³/mol. The van der Waals surface area contributed by atoms with Gasteiger partial charge in [-0.1, -0.05) is 24.3 Å². The Kier molecular flexibility index (Phi) is 5.07. The number of hydrogen-bond acceptors (Lipinski definition) is 3. The minimum absolute atomic E-state index is 0.0524. The van der Waals surface area contributed by atoms with Crippen LogP contribution in [0.1, 0.15) is 28.8 Å². The highest BCUT2D eigenvalue weighted by Gasteiger charge is 2.25.